The van der Waals surface area contributed by atoms with Gasteiger partial charge < -0.3 is 10.6 Å². The van der Waals surface area contributed by atoms with Crippen LogP contribution in [0.5, 0.6) is 0 Å². The number of aromatic nitrogens is 1. The molecule has 1 aromatic rings. The minimum absolute atomic E-state index is 0.0881. The molecule has 0 aromatic carbocycles. The van der Waals surface area contributed by atoms with Crippen LogP contribution in [0.15, 0.2) is 5.51 Å². The van der Waals surface area contributed by atoms with Crippen LogP contribution in [0.3, 0.4) is 0 Å². The third kappa shape index (κ3) is 2.18. The van der Waals surface area contributed by atoms with Crippen LogP contribution in [0.1, 0.15) is 28.2 Å². The molecule has 0 bridgehead atoms. The summed E-state index contributed by atoms with van der Waals surface area (Å²) in [6.07, 6.45) is 2.02. The lowest BCUT2D eigenvalue weighted by atomic mass is 10.1. The third-order valence-electron chi connectivity index (χ3n) is 2.68. The average Bonchev–Trinajstić information content (AvgIpc) is 2.63. The first-order chi connectivity index (χ1) is 7.18. The number of thiazole rings is 1. The molecule has 2 heterocycles. The second-order valence-electron chi connectivity index (χ2n) is 3.92. The summed E-state index contributed by atoms with van der Waals surface area (Å²) in [7, 11) is 0. The molecule has 1 atom stereocenters. The molecule has 0 radical (unpaired) electrons. The first-order valence-electron chi connectivity index (χ1n) is 5.13. The van der Waals surface area contributed by atoms with Crippen LogP contribution in [0.2, 0.25) is 0 Å². The zero-order valence-electron chi connectivity index (χ0n) is 8.77. The summed E-state index contributed by atoms with van der Waals surface area (Å²) in [5, 5.41) is 0. The van der Waals surface area contributed by atoms with Gasteiger partial charge >= 0.3 is 0 Å². The molecule has 82 valence electrons. The number of rotatable bonds is 1. The Labute approximate surface area is 93.1 Å². The van der Waals surface area contributed by atoms with Gasteiger partial charge in [-0.05, 0) is 19.8 Å². The minimum Gasteiger partial charge on any atom is -0.336 e. The average molecular weight is 225 g/mol. The van der Waals surface area contributed by atoms with E-state index in [1.807, 2.05) is 11.8 Å². The van der Waals surface area contributed by atoms with Crippen LogP contribution in [0.25, 0.3) is 0 Å². The predicted molar refractivity (Wildman–Crippen MR) is 60.0 cm³/mol. The van der Waals surface area contributed by atoms with Crippen LogP contribution in [0.4, 0.5) is 0 Å². The number of hydrogen-bond donors (Lipinski definition) is 1. The monoisotopic (exact) mass is 225 g/mol. The SMILES string of the molecule is Cc1ncsc1C(=O)N1CCCC(N)C1. The van der Waals surface area contributed by atoms with E-state index in [1.54, 1.807) is 5.51 Å². The van der Waals surface area contributed by atoms with Crippen molar-refractivity contribution in [3.05, 3.63) is 16.1 Å². The molecule has 1 aromatic heterocycles. The zero-order valence-corrected chi connectivity index (χ0v) is 9.59. The molecule has 1 saturated heterocycles. The molecule has 4 nitrogen and oxygen atoms in total. The largest absolute Gasteiger partial charge is 0.336 e. The number of nitrogens with zero attached hydrogens (tertiary/aromatic N) is 2. The number of likely N-dealkylation sites (tertiary alicyclic amines) is 1. The fourth-order valence-corrected chi connectivity index (χ4v) is 2.61. The van der Waals surface area contributed by atoms with E-state index in [9.17, 15) is 4.79 Å². The number of amides is 1. The van der Waals surface area contributed by atoms with E-state index in [2.05, 4.69) is 4.98 Å². The van der Waals surface area contributed by atoms with Gasteiger partial charge in [-0.25, -0.2) is 4.98 Å². The quantitative estimate of drug-likeness (QED) is 0.776. The van der Waals surface area contributed by atoms with E-state index in [0.29, 0.717) is 6.54 Å². The molecule has 0 aliphatic carbocycles. The molecule has 5 heteroatoms. The highest BCUT2D eigenvalue weighted by atomic mass is 32.1. The molecule has 0 saturated carbocycles. The number of hydrogen-bond acceptors (Lipinski definition) is 4. The van der Waals surface area contributed by atoms with Gasteiger partial charge in [-0.3, -0.25) is 4.79 Å². The highest BCUT2D eigenvalue weighted by Gasteiger charge is 2.24. The van der Waals surface area contributed by atoms with Crippen molar-refractivity contribution >= 4 is 17.2 Å². The number of carbonyl (C=O) groups excluding carboxylic acids is 1. The Bertz CT molecular complexity index is 363. The second kappa shape index (κ2) is 4.28. The lowest BCUT2D eigenvalue weighted by Gasteiger charge is -2.30. The van der Waals surface area contributed by atoms with Crippen LogP contribution in [-0.4, -0.2) is 34.9 Å². The van der Waals surface area contributed by atoms with Crippen LogP contribution in [-0.2, 0) is 0 Å². The fourth-order valence-electron chi connectivity index (χ4n) is 1.85. The summed E-state index contributed by atoms with van der Waals surface area (Å²) in [6.45, 7) is 3.37. The van der Waals surface area contributed by atoms with Crippen molar-refractivity contribution in [2.24, 2.45) is 5.73 Å². The Morgan fingerprint density at radius 1 is 1.73 bits per heavy atom. The van der Waals surface area contributed by atoms with Gasteiger partial charge in [0.2, 0.25) is 0 Å². The Morgan fingerprint density at radius 3 is 3.13 bits per heavy atom. The Balaban J connectivity index is 2.11. The Hall–Kier alpha value is -0.940. The maximum absolute atomic E-state index is 12.1. The molecule has 1 aliphatic heterocycles. The van der Waals surface area contributed by atoms with E-state index < -0.39 is 0 Å². The van der Waals surface area contributed by atoms with E-state index >= 15 is 0 Å². The molecule has 1 amide bonds. The number of piperidine rings is 1. The Morgan fingerprint density at radius 2 is 2.53 bits per heavy atom. The maximum Gasteiger partial charge on any atom is 0.265 e. The third-order valence-corrected chi connectivity index (χ3v) is 3.60. The van der Waals surface area contributed by atoms with Crippen molar-refractivity contribution < 1.29 is 4.79 Å². The molecule has 1 aliphatic rings. The van der Waals surface area contributed by atoms with Gasteiger partial charge in [-0.1, -0.05) is 0 Å². The standard InChI is InChI=1S/C10H15N3OS/c1-7-9(15-6-12-7)10(14)13-4-2-3-8(11)5-13/h6,8H,2-5,11H2,1H3. The molecule has 15 heavy (non-hydrogen) atoms. The van der Waals surface area contributed by atoms with Crippen molar-refractivity contribution in [2.75, 3.05) is 13.1 Å². The number of aryl methyl sites for hydroxylation is 1. The van der Waals surface area contributed by atoms with Crippen molar-refractivity contribution in [1.82, 2.24) is 9.88 Å². The van der Waals surface area contributed by atoms with Gasteiger partial charge in [-0.2, -0.15) is 0 Å². The normalized spacial score (nSPS) is 21.7. The van der Waals surface area contributed by atoms with Gasteiger partial charge in [0.05, 0.1) is 11.2 Å². The molecule has 0 spiro atoms. The molecule has 2 rings (SSSR count). The summed E-state index contributed by atoms with van der Waals surface area (Å²) in [5.41, 5.74) is 8.39. The van der Waals surface area contributed by atoms with Crippen LogP contribution >= 0.6 is 11.3 Å². The first kappa shape index (κ1) is 10.6. The van der Waals surface area contributed by atoms with E-state index in [4.69, 9.17) is 5.73 Å². The van der Waals surface area contributed by atoms with E-state index in [-0.39, 0.29) is 11.9 Å². The summed E-state index contributed by atoms with van der Waals surface area (Å²) in [5.74, 6) is 0.0881. The van der Waals surface area contributed by atoms with Gasteiger partial charge in [0.1, 0.15) is 4.88 Å². The van der Waals surface area contributed by atoms with Gasteiger partial charge in [0.25, 0.3) is 5.91 Å². The highest BCUT2D eigenvalue weighted by Crippen LogP contribution is 2.18. The van der Waals surface area contributed by atoms with Gasteiger partial charge in [0, 0.05) is 19.1 Å². The van der Waals surface area contributed by atoms with Crippen LogP contribution < -0.4 is 5.73 Å². The lowest BCUT2D eigenvalue weighted by molar-refractivity contribution is 0.0713. The van der Waals surface area contributed by atoms with Crippen molar-refractivity contribution in [2.45, 2.75) is 25.8 Å². The molecule has 1 fully saturated rings. The van der Waals surface area contributed by atoms with Gasteiger partial charge in [-0.15, -0.1) is 11.3 Å². The van der Waals surface area contributed by atoms with E-state index in [1.165, 1.54) is 11.3 Å². The topological polar surface area (TPSA) is 59.2 Å². The summed E-state index contributed by atoms with van der Waals surface area (Å²) in [6, 6.07) is 0.135. The summed E-state index contributed by atoms with van der Waals surface area (Å²) < 4.78 is 0. The number of nitrogens with two attached hydrogens (primary N) is 1. The predicted octanol–water partition coefficient (Wildman–Crippen LogP) is 1.01. The lowest BCUT2D eigenvalue weighted by Crippen LogP contribution is -2.45. The fraction of sp³-hybridized carbons (Fsp3) is 0.600. The first-order valence-corrected chi connectivity index (χ1v) is 6.01. The number of carbonyl (C=O) groups is 1. The molecular formula is C10H15N3OS. The van der Waals surface area contributed by atoms with E-state index in [0.717, 1.165) is 30.0 Å². The highest BCUT2D eigenvalue weighted by molar-refractivity contribution is 7.11. The molecule has 2 N–H and O–H groups in total. The molecule has 1 unspecified atom stereocenters. The zero-order chi connectivity index (χ0) is 10.8. The summed E-state index contributed by atoms with van der Waals surface area (Å²) in [4.78, 5) is 18.8. The van der Waals surface area contributed by atoms with Crippen molar-refractivity contribution in [1.29, 1.82) is 0 Å². The smallest absolute Gasteiger partial charge is 0.265 e. The second-order valence-corrected chi connectivity index (χ2v) is 4.78. The van der Waals surface area contributed by atoms with Crippen molar-refractivity contribution in [3.63, 3.8) is 0 Å². The summed E-state index contributed by atoms with van der Waals surface area (Å²) >= 11 is 1.41. The van der Waals surface area contributed by atoms with Gasteiger partial charge in [0.15, 0.2) is 0 Å². The van der Waals surface area contributed by atoms with Crippen molar-refractivity contribution in [3.8, 4) is 0 Å². The van der Waals surface area contributed by atoms with Crippen LogP contribution in [0, 0.1) is 6.92 Å². The molecular weight excluding hydrogens is 210 g/mol. The minimum atomic E-state index is 0.0881. The maximum atomic E-state index is 12.1. The Kier molecular flexibility index (Phi) is 3.02.